The largest absolute Gasteiger partial charge is 0.748 e. The highest BCUT2D eigenvalue weighted by molar-refractivity contribution is 7.85. The number of unbranched alkanes of at least 4 members (excludes halogenated alkanes) is 3. The number of aliphatic carboxylic acids is 2. The molecule has 0 spiro atoms. The van der Waals surface area contributed by atoms with E-state index >= 15 is 0 Å². The van der Waals surface area contributed by atoms with E-state index in [1.165, 1.54) is 22.5 Å². The number of para-hydroxylation sites is 2. The first-order valence-corrected chi connectivity index (χ1v) is 28.1. The number of carbonyl (C=O) groups excluding carboxylic acids is 3. The summed E-state index contributed by atoms with van der Waals surface area (Å²) in [5, 5.41) is 27.1. The topological polar surface area (TPSA) is 183 Å². The summed E-state index contributed by atoms with van der Waals surface area (Å²) in [7, 11) is -2.34. The van der Waals surface area contributed by atoms with E-state index < -0.39 is 22.1 Å². The van der Waals surface area contributed by atoms with Crippen LogP contribution in [0.3, 0.4) is 0 Å². The molecular weight excluding hydrogens is 976 g/mol. The van der Waals surface area contributed by atoms with Crippen LogP contribution in [-0.4, -0.2) is 134 Å². The molecule has 1 amide bonds. The van der Waals surface area contributed by atoms with Crippen LogP contribution in [0.25, 0.3) is 0 Å². The van der Waals surface area contributed by atoms with E-state index in [4.69, 9.17) is 11.6 Å². The number of likely N-dealkylation sites (N-methyl/N-ethyl adjacent to an activating group) is 1. The van der Waals surface area contributed by atoms with Gasteiger partial charge in [0.25, 0.3) is 0 Å². The Morgan fingerprint density at radius 3 is 2.23 bits per heavy atom. The summed E-state index contributed by atoms with van der Waals surface area (Å²) in [6, 6.07) is 24.1. The molecule has 398 valence electrons. The van der Waals surface area contributed by atoms with Gasteiger partial charge in [-0.25, -0.2) is 8.42 Å². The van der Waals surface area contributed by atoms with Gasteiger partial charge in [0.1, 0.15) is 6.54 Å². The second kappa shape index (κ2) is 24.9. The molecule has 3 aliphatic heterocycles. The first kappa shape index (κ1) is 56.3. The summed E-state index contributed by atoms with van der Waals surface area (Å²) in [4.78, 5) is 44.5. The van der Waals surface area contributed by atoms with Crippen molar-refractivity contribution >= 4 is 62.3 Å². The Balaban J connectivity index is 0.982. The number of carboxylic acid groups (broad SMARTS) is 2. The molecule has 1 atom stereocenters. The zero-order chi connectivity index (χ0) is 53.2. The number of benzene rings is 3. The average Bonchev–Trinajstić information content (AvgIpc) is 3.72. The lowest BCUT2D eigenvalue weighted by Gasteiger charge is -2.35. The molecule has 3 aromatic carbocycles. The van der Waals surface area contributed by atoms with Gasteiger partial charge in [-0.2, -0.15) is 4.58 Å². The van der Waals surface area contributed by atoms with Crippen LogP contribution in [0.4, 0.5) is 17.1 Å². The lowest BCUT2D eigenvalue weighted by atomic mass is 9.81. The molecule has 1 saturated heterocycles. The van der Waals surface area contributed by atoms with Crippen molar-refractivity contribution in [3.8, 4) is 0 Å². The highest BCUT2D eigenvalue weighted by atomic mass is 35.5. The third kappa shape index (κ3) is 14.5. The molecular formula is C58H73ClN6O8S-2. The number of halogens is 1. The predicted molar refractivity (Wildman–Crippen MR) is 288 cm³/mol. The number of hydrogen-bond donors (Lipinski definition) is 1. The summed E-state index contributed by atoms with van der Waals surface area (Å²) in [5.41, 5.74) is 10.3. The summed E-state index contributed by atoms with van der Waals surface area (Å²) in [6.45, 7) is 12.5. The Kier molecular flexibility index (Phi) is 19.0. The Morgan fingerprint density at radius 2 is 1.50 bits per heavy atom. The SMILES string of the molecule is CN1CCN(CC(=O)[O-])CC(Cc2ccc(NC(=O)CCCCC[N+]3=C(/C=C/C4=C(Cl)C(=C/C=C5/N(CCCCS(=O)(=O)[O-])c6ccccc6C5(C)C)/CCC4)C(C)(C)c4ccccc43)cc2)N(CC(=O)[O-])CC1. The van der Waals surface area contributed by atoms with Gasteiger partial charge in [-0.05, 0) is 119 Å². The Labute approximate surface area is 443 Å². The summed E-state index contributed by atoms with van der Waals surface area (Å²) >= 11 is 7.29. The highest BCUT2D eigenvalue weighted by Gasteiger charge is 2.44. The fourth-order valence-corrected chi connectivity index (χ4v) is 12.0. The zero-order valence-electron chi connectivity index (χ0n) is 43.7. The lowest BCUT2D eigenvalue weighted by molar-refractivity contribution is -0.438. The minimum absolute atomic E-state index is 0.0672. The van der Waals surface area contributed by atoms with Crippen molar-refractivity contribution in [2.45, 2.75) is 109 Å². The number of carbonyl (C=O) groups is 3. The molecule has 1 fully saturated rings. The van der Waals surface area contributed by atoms with Gasteiger partial charge < -0.3 is 39.5 Å². The van der Waals surface area contributed by atoms with E-state index in [2.05, 4.69) is 108 Å². The average molecular weight is 1050 g/mol. The van der Waals surface area contributed by atoms with Crippen molar-refractivity contribution in [3.05, 3.63) is 136 Å². The van der Waals surface area contributed by atoms with E-state index in [1.54, 1.807) is 4.90 Å². The maximum absolute atomic E-state index is 13.2. The highest BCUT2D eigenvalue weighted by Crippen LogP contribution is 2.48. The van der Waals surface area contributed by atoms with Crippen LogP contribution in [0, 0.1) is 0 Å². The lowest BCUT2D eigenvalue weighted by Crippen LogP contribution is -2.51. The molecule has 3 aromatic rings. The van der Waals surface area contributed by atoms with Gasteiger partial charge in [0.2, 0.25) is 11.6 Å². The van der Waals surface area contributed by atoms with Crippen LogP contribution in [0.1, 0.15) is 102 Å². The first-order chi connectivity index (χ1) is 35.2. The van der Waals surface area contributed by atoms with Crippen molar-refractivity contribution in [1.82, 2.24) is 14.7 Å². The van der Waals surface area contributed by atoms with Gasteiger partial charge in [0, 0.05) is 122 Å². The van der Waals surface area contributed by atoms with Crippen LogP contribution >= 0.6 is 11.6 Å². The second-order valence-corrected chi connectivity index (χ2v) is 23.3. The molecule has 74 heavy (non-hydrogen) atoms. The van der Waals surface area contributed by atoms with Crippen LogP contribution in [-0.2, 0) is 41.8 Å². The maximum atomic E-state index is 13.2. The molecule has 0 saturated carbocycles. The Bertz CT molecular complexity index is 2800. The normalized spacial score (nSPS) is 20.7. The minimum Gasteiger partial charge on any atom is -0.748 e. The van der Waals surface area contributed by atoms with Crippen molar-refractivity contribution in [3.63, 3.8) is 0 Å². The quantitative estimate of drug-likeness (QED) is 0.0707. The smallest absolute Gasteiger partial charge is 0.224 e. The zero-order valence-corrected chi connectivity index (χ0v) is 45.3. The third-order valence-corrected chi connectivity index (χ3v) is 16.5. The number of allylic oxidation sites excluding steroid dienone is 8. The van der Waals surface area contributed by atoms with E-state index in [9.17, 15) is 37.6 Å². The van der Waals surface area contributed by atoms with Crippen LogP contribution in [0.5, 0.6) is 0 Å². The van der Waals surface area contributed by atoms with E-state index in [1.807, 2.05) is 48.3 Å². The second-order valence-electron chi connectivity index (χ2n) is 21.4. The summed E-state index contributed by atoms with van der Waals surface area (Å²) in [5.74, 6) is -2.79. The van der Waals surface area contributed by atoms with Gasteiger partial charge in [-0.1, -0.05) is 86.1 Å². The van der Waals surface area contributed by atoms with Crippen molar-refractivity contribution in [1.29, 1.82) is 0 Å². The summed E-state index contributed by atoms with van der Waals surface area (Å²) < 4.78 is 36.4. The number of amides is 1. The molecule has 7 rings (SSSR count). The number of hydrogen-bond acceptors (Lipinski definition) is 12. The van der Waals surface area contributed by atoms with E-state index in [-0.39, 0.29) is 41.6 Å². The van der Waals surface area contributed by atoms with Gasteiger partial charge in [0.05, 0.1) is 27.5 Å². The van der Waals surface area contributed by atoms with Gasteiger partial charge in [-0.15, -0.1) is 0 Å². The standard InChI is InChI=1S/C58H75ClN6O8S/c1-57(2)47-18-8-10-20-49(47)64(31-12-6-7-22-53(66)60-45-27-23-42(24-28-45)38-46-39-62(40-54(67)68)35-33-61(5)34-36-63(46)41-55(69)70)51(57)29-25-43-16-15-17-44(56(43)59)26-30-52-58(3,4)48-19-9-11-21-50(48)65(52)32-13-14-37-74(71,72)73/h8-11,18-21,23-30,46H,6-7,12-17,22,31-41H2,1-5H3,(H3-,60,66,67,68,69,70,71,72,73)/p-2. The number of anilines is 2. The molecule has 3 heterocycles. The maximum Gasteiger partial charge on any atom is 0.224 e. The van der Waals surface area contributed by atoms with E-state index in [0.717, 1.165) is 78.2 Å². The minimum atomic E-state index is -4.27. The van der Waals surface area contributed by atoms with Crippen LogP contribution in [0.2, 0.25) is 0 Å². The Morgan fingerprint density at radius 1 is 0.797 bits per heavy atom. The van der Waals surface area contributed by atoms with Gasteiger partial charge >= 0.3 is 0 Å². The fraction of sp³-hybridized carbons (Fsp3) is 0.483. The van der Waals surface area contributed by atoms with E-state index in [0.29, 0.717) is 70.6 Å². The van der Waals surface area contributed by atoms with Crippen LogP contribution < -0.4 is 20.4 Å². The predicted octanol–water partition coefficient (Wildman–Crippen LogP) is 6.39. The third-order valence-electron chi connectivity index (χ3n) is 15.2. The molecule has 1 aliphatic carbocycles. The van der Waals surface area contributed by atoms with Crippen LogP contribution in [0.15, 0.2) is 119 Å². The first-order valence-electron chi connectivity index (χ1n) is 26.2. The number of nitrogens with zero attached hydrogens (tertiary/aromatic N) is 5. The van der Waals surface area contributed by atoms with Gasteiger partial charge in [0.15, 0.2) is 5.71 Å². The molecule has 0 radical (unpaired) electrons. The number of rotatable bonds is 21. The van der Waals surface area contributed by atoms with Crippen molar-refractivity contribution < 1.29 is 42.1 Å². The summed E-state index contributed by atoms with van der Waals surface area (Å²) in [6.07, 6.45) is 15.6. The number of fused-ring (bicyclic) bond motifs is 2. The molecule has 14 nitrogen and oxygen atoms in total. The number of carboxylic acids is 2. The molecule has 1 N–H and O–H groups in total. The van der Waals surface area contributed by atoms with Crippen molar-refractivity contribution in [2.24, 2.45) is 0 Å². The molecule has 16 heteroatoms. The van der Waals surface area contributed by atoms with Crippen molar-refractivity contribution in [2.75, 3.05) is 81.9 Å². The van der Waals surface area contributed by atoms with Gasteiger partial charge in [-0.3, -0.25) is 14.6 Å². The molecule has 4 aliphatic rings. The molecule has 1 unspecified atom stereocenters. The molecule has 0 aromatic heterocycles. The number of nitrogens with one attached hydrogen (secondary N) is 1. The fourth-order valence-electron chi connectivity index (χ4n) is 11.1. The monoisotopic (exact) mass is 1050 g/mol. The molecule has 0 bridgehead atoms. The Hall–Kier alpha value is -5.42.